The molecule has 0 radical (unpaired) electrons. The molecule has 10 rings (SSSR count). The largest absolute Gasteiger partial charge is 0.457 e. The predicted octanol–water partition coefficient (Wildman–Crippen LogP) is 8.71. The van der Waals surface area contributed by atoms with Crippen LogP contribution in [0.5, 0.6) is 23.0 Å². The van der Waals surface area contributed by atoms with E-state index in [1.807, 2.05) is 123 Å². The van der Waals surface area contributed by atoms with E-state index in [-0.39, 0.29) is 23.9 Å². The highest BCUT2D eigenvalue weighted by molar-refractivity contribution is 5.92. The summed E-state index contributed by atoms with van der Waals surface area (Å²) < 4.78 is 15.6. The van der Waals surface area contributed by atoms with Gasteiger partial charge < -0.3 is 19.3 Å². The third-order valence-corrected chi connectivity index (χ3v) is 11.2. The van der Waals surface area contributed by atoms with Gasteiger partial charge in [0.2, 0.25) is 11.8 Å². The van der Waals surface area contributed by atoms with Crippen LogP contribution in [0.4, 0.5) is 0 Å². The van der Waals surface area contributed by atoms with Gasteiger partial charge in [-0.2, -0.15) is 10.2 Å². The lowest BCUT2D eigenvalue weighted by molar-refractivity contribution is -0.127. The first-order valence-electron chi connectivity index (χ1n) is 20.8. The molecule has 0 bridgehead atoms. The van der Waals surface area contributed by atoms with Crippen molar-refractivity contribution in [2.75, 3.05) is 19.6 Å². The summed E-state index contributed by atoms with van der Waals surface area (Å²) >= 11 is 0. The van der Waals surface area contributed by atoms with Crippen LogP contribution in [0.1, 0.15) is 25.3 Å². The molecule has 63 heavy (non-hydrogen) atoms. The molecule has 4 aromatic carbocycles. The Morgan fingerprint density at radius 2 is 1.17 bits per heavy atom. The van der Waals surface area contributed by atoms with Crippen molar-refractivity contribution in [1.29, 1.82) is 0 Å². The number of ether oxygens (including phenoxy) is 2. The second-order valence-electron chi connectivity index (χ2n) is 15.2. The monoisotopic (exact) mass is 836 g/mol. The van der Waals surface area contributed by atoms with Gasteiger partial charge in [-0.3, -0.25) is 9.59 Å². The maximum absolute atomic E-state index is 12.2. The van der Waals surface area contributed by atoms with Gasteiger partial charge in [0.15, 0.2) is 11.3 Å². The molecule has 14 heteroatoms. The van der Waals surface area contributed by atoms with Crippen LogP contribution in [0.15, 0.2) is 160 Å². The number of nitrogens with zero attached hydrogens (tertiary/aromatic N) is 10. The van der Waals surface area contributed by atoms with Crippen molar-refractivity contribution in [3.05, 3.63) is 160 Å². The first kappa shape index (κ1) is 40.4. The highest BCUT2D eigenvalue weighted by Gasteiger charge is 2.30. The lowest BCUT2D eigenvalue weighted by Crippen LogP contribution is -2.37. The Labute approximate surface area is 363 Å². The molecule has 314 valence electrons. The van der Waals surface area contributed by atoms with Gasteiger partial charge in [-0.05, 0) is 104 Å². The standard InChI is InChI=1S/C25H23N5O2.C24H21N5O2/c1-2-23(31)29-14-6-7-19(29)16-30-25-22(15-26-17-27-25)24(28-30)18-10-12-21(13-11-18)32-20-8-4-3-5-9-20;1-2-22(30)28-13-12-18(15-28)29-24-21(14-25-16-26-24)23(27-29)17-8-10-20(11-9-17)31-19-6-4-3-5-7-19/h2-5,8-13,15,17,19H,1,6-7,14,16H2;2-11,14,16,18H,1,12-13,15H2/t19-;18-/m01/s1. The average molecular weight is 837 g/mol. The van der Waals surface area contributed by atoms with Gasteiger partial charge in [-0.25, -0.2) is 29.3 Å². The maximum Gasteiger partial charge on any atom is 0.246 e. The molecule has 2 aliphatic rings. The van der Waals surface area contributed by atoms with Crippen molar-refractivity contribution in [3.8, 4) is 45.5 Å². The second-order valence-corrected chi connectivity index (χ2v) is 15.2. The Morgan fingerprint density at radius 1 is 0.635 bits per heavy atom. The molecule has 14 nitrogen and oxygen atoms in total. The van der Waals surface area contributed by atoms with Gasteiger partial charge >= 0.3 is 0 Å². The van der Waals surface area contributed by atoms with Crippen LogP contribution < -0.4 is 9.47 Å². The van der Waals surface area contributed by atoms with Crippen LogP contribution in [0, 0.1) is 0 Å². The Kier molecular flexibility index (Phi) is 11.7. The number of para-hydroxylation sites is 2. The lowest BCUT2D eigenvalue weighted by atomic mass is 10.1. The van der Waals surface area contributed by atoms with E-state index < -0.39 is 0 Å². The highest BCUT2D eigenvalue weighted by Crippen LogP contribution is 2.34. The van der Waals surface area contributed by atoms with Crippen LogP contribution in [0.3, 0.4) is 0 Å². The number of amides is 2. The SMILES string of the molecule is C=CC(=O)N1CCC[C@H]1Cn1nc(-c2ccc(Oc3ccccc3)cc2)c2cncnc21.C=CC(=O)N1CC[C@@H](n2nc(-c3ccc(Oc4ccccc4)cc3)c3cncnc32)C1. The van der Waals surface area contributed by atoms with Gasteiger partial charge in [-0.1, -0.05) is 49.6 Å². The summed E-state index contributed by atoms with van der Waals surface area (Å²) in [5, 5.41) is 11.5. The van der Waals surface area contributed by atoms with Crippen molar-refractivity contribution in [1.82, 2.24) is 49.3 Å². The fourth-order valence-electron chi connectivity index (χ4n) is 8.12. The number of carbonyl (C=O) groups is 2. The van der Waals surface area contributed by atoms with Crippen molar-refractivity contribution in [2.45, 2.75) is 37.9 Å². The van der Waals surface area contributed by atoms with E-state index in [2.05, 4.69) is 33.1 Å². The molecule has 2 saturated heterocycles. The molecule has 0 aliphatic carbocycles. The predicted molar refractivity (Wildman–Crippen MR) is 240 cm³/mol. The maximum atomic E-state index is 12.2. The first-order valence-corrected chi connectivity index (χ1v) is 20.8. The molecule has 4 aromatic heterocycles. The van der Waals surface area contributed by atoms with Crippen molar-refractivity contribution in [2.24, 2.45) is 0 Å². The zero-order valence-corrected chi connectivity index (χ0v) is 34.5. The van der Waals surface area contributed by atoms with E-state index in [0.717, 1.165) is 93.4 Å². The average Bonchev–Trinajstić information content (AvgIpc) is 4.16. The number of carbonyl (C=O) groups excluding carboxylic acids is 2. The Morgan fingerprint density at radius 3 is 1.76 bits per heavy atom. The number of hydrogen-bond donors (Lipinski definition) is 0. The van der Waals surface area contributed by atoms with Gasteiger partial charge in [0, 0.05) is 43.2 Å². The highest BCUT2D eigenvalue weighted by atomic mass is 16.5. The molecular formula is C49H44N10O4. The minimum atomic E-state index is -0.0529. The van der Waals surface area contributed by atoms with E-state index in [9.17, 15) is 9.59 Å². The molecule has 0 unspecified atom stereocenters. The summed E-state index contributed by atoms with van der Waals surface area (Å²) in [4.78, 5) is 45.2. The molecule has 8 aromatic rings. The Balaban J connectivity index is 0.000000160. The summed E-state index contributed by atoms with van der Waals surface area (Å²) in [7, 11) is 0. The summed E-state index contributed by atoms with van der Waals surface area (Å²) in [6.45, 7) is 9.83. The van der Waals surface area contributed by atoms with E-state index in [4.69, 9.17) is 19.7 Å². The Bertz CT molecular complexity index is 2880. The zero-order valence-electron chi connectivity index (χ0n) is 34.5. The quantitative estimate of drug-likeness (QED) is 0.116. The number of aromatic nitrogens is 8. The van der Waals surface area contributed by atoms with Crippen LogP contribution in [0.25, 0.3) is 44.6 Å². The van der Waals surface area contributed by atoms with Gasteiger partial charge in [0.25, 0.3) is 0 Å². The van der Waals surface area contributed by atoms with Crippen LogP contribution in [0.2, 0.25) is 0 Å². The first-order chi connectivity index (χ1) is 30.9. The number of likely N-dealkylation sites (tertiary alicyclic amines) is 2. The normalized spacial score (nSPS) is 15.8. The third-order valence-electron chi connectivity index (χ3n) is 11.2. The van der Waals surface area contributed by atoms with E-state index in [1.165, 1.54) is 24.8 Å². The second kappa shape index (κ2) is 18.3. The van der Waals surface area contributed by atoms with Gasteiger partial charge in [-0.15, -0.1) is 0 Å². The summed E-state index contributed by atoms with van der Waals surface area (Å²) in [6, 6.07) is 35.2. The van der Waals surface area contributed by atoms with Crippen molar-refractivity contribution < 1.29 is 19.1 Å². The number of fused-ring (bicyclic) bond motifs is 2. The van der Waals surface area contributed by atoms with Crippen molar-refractivity contribution in [3.63, 3.8) is 0 Å². The topological polar surface area (TPSA) is 146 Å². The van der Waals surface area contributed by atoms with Gasteiger partial charge in [0.05, 0.1) is 29.4 Å². The number of rotatable bonds is 11. The molecule has 2 aliphatic heterocycles. The van der Waals surface area contributed by atoms with Gasteiger partial charge in [0.1, 0.15) is 47.0 Å². The summed E-state index contributed by atoms with van der Waals surface area (Å²) in [5.41, 5.74) is 5.07. The molecule has 6 heterocycles. The smallest absolute Gasteiger partial charge is 0.246 e. The Hall–Kier alpha value is -8.00. The fraction of sp³-hybridized carbons (Fsp3) is 0.184. The minimum Gasteiger partial charge on any atom is -0.457 e. The van der Waals surface area contributed by atoms with Crippen LogP contribution in [-0.4, -0.2) is 86.8 Å². The van der Waals surface area contributed by atoms with Crippen LogP contribution >= 0.6 is 0 Å². The molecule has 2 atom stereocenters. The third kappa shape index (κ3) is 8.77. The molecule has 0 N–H and O–H groups in total. The summed E-state index contributed by atoms with van der Waals surface area (Å²) in [6.07, 6.45) is 12.1. The molecule has 0 spiro atoms. The fourth-order valence-corrected chi connectivity index (χ4v) is 8.12. The van der Waals surface area contributed by atoms with E-state index >= 15 is 0 Å². The lowest BCUT2D eigenvalue weighted by Gasteiger charge is -2.23. The zero-order chi connectivity index (χ0) is 43.1. The molecular weight excluding hydrogens is 793 g/mol. The van der Waals surface area contributed by atoms with E-state index in [0.29, 0.717) is 19.6 Å². The van der Waals surface area contributed by atoms with Crippen LogP contribution in [-0.2, 0) is 16.1 Å². The molecule has 2 amide bonds. The van der Waals surface area contributed by atoms with E-state index in [1.54, 1.807) is 17.3 Å². The summed E-state index contributed by atoms with van der Waals surface area (Å²) in [5.74, 6) is 3.00. The van der Waals surface area contributed by atoms with Crippen molar-refractivity contribution >= 4 is 33.9 Å². The number of hydrogen-bond acceptors (Lipinski definition) is 10. The number of benzene rings is 4. The minimum absolute atomic E-state index is 0.0344. The molecule has 0 saturated carbocycles. The molecule has 2 fully saturated rings.